The number of nitrogens with zero attached hydrogens (tertiary/aromatic N) is 1. The number of aliphatic hydroxyl groups excluding tert-OH is 1. The molecular weight excluding hydrogens is 246 g/mol. The van der Waals surface area contributed by atoms with Crippen LogP contribution >= 0.6 is 11.3 Å². The first-order valence-corrected chi connectivity index (χ1v) is 7.50. The fourth-order valence-corrected chi connectivity index (χ4v) is 3.60. The molecule has 0 aromatic carbocycles. The average Bonchev–Trinajstić information content (AvgIpc) is 2.96. The van der Waals surface area contributed by atoms with Crippen LogP contribution in [0.3, 0.4) is 0 Å². The molecule has 4 heteroatoms. The average molecular weight is 267 g/mol. The van der Waals surface area contributed by atoms with E-state index >= 15 is 0 Å². The Bertz CT molecular complexity index is 427. The summed E-state index contributed by atoms with van der Waals surface area (Å²) < 4.78 is 0. The lowest BCUT2D eigenvalue weighted by Crippen LogP contribution is -2.37. The zero-order chi connectivity index (χ0) is 13.1. The van der Waals surface area contributed by atoms with Crippen molar-refractivity contribution in [2.24, 2.45) is 0 Å². The Morgan fingerprint density at radius 2 is 2.39 bits per heavy atom. The molecule has 1 amide bonds. The number of rotatable bonds is 4. The van der Waals surface area contributed by atoms with Crippen molar-refractivity contribution in [2.75, 3.05) is 13.2 Å². The quantitative estimate of drug-likeness (QED) is 0.911. The van der Waals surface area contributed by atoms with E-state index < -0.39 is 0 Å². The van der Waals surface area contributed by atoms with E-state index in [0.29, 0.717) is 0 Å². The molecule has 1 N–H and O–H groups in total. The molecule has 100 valence electrons. The molecule has 2 rings (SSSR count). The van der Waals surface area contributed by atoms with E-state index in [4.69, 9.17) is 0 Å². The Labute approximate surface area is 112 Å². The molecule has 1 aromatic rings. The first-order chi connectivity index (χ1) is 8.67. The number of carbonyl (C=O) groups excluding carboxylic acids is 1. The minimum Gasteiger partial charge on any atom is -0.394 e. The second kappa shape index (κ2) is 5.85. The number of aliphatic hydroxyl groups is 1. The predicted octanol–water partition coefficient (Wildman–Crippen LogP) is 2.61. The summed E-state index contributed by atoms with van der Waals surface area (Å²) in [5, 5.41) is 9.29. The zero-order valence-corrected chi connectivity index (χ0v) is 11.9. The summed E-state index contributed by atoms with van der Waals surface area (Å²) in [6, 6.07) is 2.06. The number of carbonyl (C=O) groups is 1. The van der Waals surface area contributed by atoms with Gasteiger partial charge in [0.15, 0.2) is 0 Å². The highest BCUT2D eigenvalue weighted by atomic mass is 32.1. The third-order valence-corrected chi connectivity index (χ3v) is 4.68. The fraction of sp³-hybridized carbons (Fsp3) is 0.643. The van der Waals surface area contributed by atoms with Crippen molar-refractivity contribution >= 4 is 17.2 Å². The summed E-state index contributed by atoms with van der Waals surface area (Å²) in [6.45, 7) is 5.10. The molecule has 0 spiro atoms. The lowest BCUT2D eigenvalue weighted by Gasteiger charge is -2.22. The second-order valence-corrected chi connectivity index (χ2v) is 6.18. The summed E-state index contributed by atoms with van der Waals surface area (Å²) in [4.78, 5) is 16.3. The van der Waals surface area contributed by atoms with Gasteiger partial charge in [-0.3, -0.25) is 4.79 Å². The van der Waals surface area contributed by atoms with E-state index in [0.717, 1.165) is 37.1 Å². The van der Waals surface area contributed by atoms with Gasteiger partial charge >= 0.3 is 0 Å². The number of hydrogen-bond donors (Lipinski definition) is 1. The first-order valence-electron chi connectivity index (χ1n) is 6.68. The molecule has 1 aromatic heterocycles. The lowest BCUT2D eigenvalue weighted by atomic mass is 10.1. The Morgan fingerprint density at radius 1 is 1.61 bits per heavy atom. The molecule has 0 aliphatic carbocycles. The summed E-state index contributed by atoms with van der Waals surface area (Å²) in [5.74, 6) is 0.0991. The number of likely N-dealkylation sites (tertiary alicyclic amines) is 1. The van der Waals surface area contributed by atoms with Crippen LogP contribution in [0.2, 0.25) is 0 Å². The van der Waals surface area contributed by atoms with E-state index in [1.807, 2.05) is 11.0 Å². The molecule has 2 heterocycles. The van der Waals surface area contributed by atoms with Crippen molar-refractivity contribution in [3.05, 3.63) is 21.4 Å². The molecule has 1 unspecified atom stereocenters. The third-order valence-electron chi connectivity index (χ3n) is 3.60. The maximum atomic E-state index is 12.4. The van der Waals surface area contributed by atoms with Gasteiger partial charge in [-0.25, -0.2) is 0 Å². The predicted molar refractivity (Wildman–Crippen MR) is 74.2 cm³/mol. The van der Waals surface area contributed by atoms with E-state index in [1.54, 1.807) is 11.3 Å². The number of hydrogen-bond acceptors (Lipinski definition) is 3. The molecule has 3 nitrogen and oxygen atoms in total. The van der Waals surface area contributed by atoms with Crippen molar-refractivity contribution in [3.8, 4) is 0 Å². The Kier molecular flexibility index (Phi) is 4.40. The van der Waals surface area contributed by atoms with Gasteiger partial charge in [-0.15, -0.1) is 11.3 Å². The van der Waals surface area contributed by atoms with Gasteiger partial charge in [0.05, 0.1) is 17.5 Å². The van der Waals surface area contributed by atoms with Crippen LogP contribution in [0.1, 0.15) is 46.3 Å². The van der Waals surface area contributed by atoms with Gasteiger partial charge in [0.25, 0.3) is 5.91 Å². The highest BCUT2D eigenvalue weighted by Crippen LogP contribution is 2.27. The summed E-state index contributed by atoms with van der Waals surface area (Å²) in [5.41, 5.74) is 1.30. The molecule has 0 saturated carbocycles. The van der Waals surface area contributed by atoms with Gasteiger partial charge in [0.2, 0.25) is 0 Å². The van der Waals surface area contributed by atoms with Gasteiger partial charge in [0, 0.05) is 11.4 Å². The van der Waals surface area contributed by atoms with Crippen LogP contribution in [0.15, 0.2) is 6.07 Å². The van der Waals surface area contributed by atoms with E-state index in [-0.39, 0.29) is 18.6 Å². The van der Waals surface area contributed by atoms with Crippen LogP contribution in [0.25, 0.3) is 0 Å². The van der Waals surface area contributed by atoms with Crippen LogP contribution in [0.4, 0.5) is 0 Å². The van der Waals surface area contributed by atoms with Crippen molar-refractivity contribution in [3.63, 3.8) is 0 Å². The molecule has 18 heavy (non-hydrogen) atoms. The van der Waals surface area contributed by atoms with Crippen LogP contribution < -0.4 is 0 Å². The van der Waals surface area contributed by atoms with Crippen LogP contribution in [-0.4, -0.2) is 35.1 Å². The van der Waals surface area contributed by atoms with Gasteiger partial charge < -0.3 is 10.0 Å². The number of aryl methyl sites for hydroxylation is 2. The monoisotopic (exact) mass is 267 g/mol. The molecule has 1 saturated heterocycles. The Balaban J connectivity index is 2.15. The lowest BCUT2D eigenvalue weighted by molar-refractivity contribution is 0.0682. The minimum atomic E-state index is 0.0227. The Hall–Kier alpha value is -0.870. The molecule has 0 bridgehead atoms. The third kappa shape index (κ3) is 2.59. The molecule has 1 aliphatic rings. The van der Waals surface area contributed by atoms with Crippen molar-refractivity contribution in [1.82, 2.24) is 4.90 Å². The highest BCUT2D eigenvalue weighted by molar-refractivity contribution is 7.14. The topological polar surface area (TPSA) is 40.5 Å². The van der Waals surface area contributed by atoms with Crippen LogP contribution in [0.5, 0.6) is 0 Å². The molecule has 0 radical (unpaired) electrons. The molecule has 1 fully saturated rings. The second-order valence-electron chi connectivity index (χ2n) is 4.92. The largest absolute Gasteiger partial charge is 0.394 e. The first kappa shape index (κ1) is 13.6. The molecule has 1 atom stereocenters. The van der Waals surface area contributed by atoms with E-state index in [2.05, 4.69) is 13.8 Å². The van der Waals surface area contributed by atoms with Gasteiger partial charge in [-0.1, -0.05) is 13.3 Å². The Morgan fingerprint density at radius 3 is 3.06 bits per heavy atom. The zero-order valence-electron chi connectivity index (χ0n) is 11.1. The van der Waals surface area contributed by atoms with Gasteiger partial charge in [0.1, 0.15) is 0 Å². The summed E-state index contributed by atoms with van der Waals surface area (Å²) >= 11 is 1.59. The smallest absolute Gasteiger partial charge is 0.264 e. The van der Waals surface area contributed by atoms with Crippen molar-refractivity contribution in [2.45, 2.75) is 45.6 Å². The standard InChI is InChI=1S/C14H21NO2S/c1-3-5-11-8-13(18-10(11)2)14(17)15-7-4-6-12(15)9-16/h8,12,16H,3-7,9H2,1-2H3. The molecule has 1 aliphatic heterocycles. The van der Waals surface area contributed by atoms with Gasteiger partial charge in [-0.2, -0.15) is 0 Å². The van der Waals surface area contributed by atoms with E-state index in [9.17, 15) is 9.90 Å². The maximum Gasteiger partial charge on any atom is 0.264 e. The van der Waals surface area contributed by atoms with Crippen LogP contribution in [-0.2, 0) is 6.42 Å². The normalized spacial score (nSPS) is 19.5. The summed E-state index contributed by atoms with van der Waals surface area (Å²) in [6.07, 6.45) is 4.07. The fourth-order valence-electron chi connectivity index (χ4n) is 2.58. The van der Waals surface area contributed by atoms with Crippen molar-refractivity contribution in [1.29, 1.82) is 0 Å². The SMILES string of the molecule is CCCc1cc(C(=O)N2CCCC2CO)sc1C. The number of thiophene rings is 1. The summed E-state index contributed by atoms with van der Waals surface area (Å²) in [7, 11) is 0. The van der Waals surface area contributed by atoms with Crippen molar-refractivity contribution < 1.29 is 9.90 Å². The minimum absolute atomic E-state index is 0.0227. The highest BCUT2D eigenvalue weighted by Gasteiger charge is 2.29. The molecular formula is C14H21NO2S. The van der Waals surface area contributed by atoms with Gasteiger partial charge in [-0.05, 0) is 37.8 Å². The maximum absolute atomic E-state index is 12.4. The van der Waals surface area contributed by atoms with E-state index in [1.165, 1.54) is 10.4 Å². The van der Waals surface area contributed by atoms with Crippen LogP contribution in [0, 0.1) is 6.92 Å². The number of amides is 1.